The number of hydrogen-bond donors (Lipinski definition) is 0. The number of carbonyl (C=O) groups is 1. The van der Waals surface area contributed by atoms with E-state index >= 15 is 0 Å². The van der Waals surface area contributed by atoms with E-state index in [0.717, 1.165) is 19.3 Å². The predicted molar refractivity (Wildman–Crippen MR) is 59.4 cm³/mol. The van der Waals surface area contributed by atoms with Gasteiger partial charge in [-0.3, -0.25) is 4.79 Å². The third kappa shape index (κ3) is 6.14. The molecule has 0 aliphatic rings. The van der Waals surface area contributed by atoms with Gasteiger partial charge in [0.05, 0.1) is 0 Å². The summed E-state index contributed by atoms with van der Waals surface area (Å²) in [5.41, 5.74) is 0.236. The minimum atomic E-state index is -0.178. The van der Waals surface area contributed by atoms with Gasteiger partial charge in [0.1, 0.15) is 6.10 Å². The molecule has 0 saturated heterocycles. The van der Waals surface area contributed by atoms with Crippen LogP contribution in [0.25, 0.3) is 0 Å². The van der Waals surface area contributed by atoms with Crippen LogP contribution in [-0.2, 0) is 9.53 Å². The van der Waals surface area contributed by atoms with Crippen molar-refractivity contribution in [3.63, 3.8) is 0 Å². The average molecular weight is 200 g/mol. The van der Waals surface area contributed by atoms with Gasteiger partial charge < -0.3 is 4.74 Å². The Morgan fingerprint density at radius 2 is 1.93 bits per heavy atom. The summed E-state index contributed by atoms with van der Waals surface area (Å²) in [5.74, 6) is 0.254. The molecule has 0 aliphatic heterocycles. The predicted octanol–water partition coefficient (Wildman–Crippen LogP) is 3.20. The van der Waals surface area contributed by atoms with Crippen LogP contribution < -0.4 is 0 Å². The van der Waals surface area contributed by atoms with E-state index in [-0.39, 0.29) is 17.3 Å². The van der Waals surface area contributed by atoms with Crippen LogP contribution in [-0.4, -0.2) is 19.0 Å². The lowest BCUT2D eigenvalue weighted by Crippen LogP contribution is -2.24. The van der Waals surface area contributed by atoms with Crippen molar-refractivity contribution in [1.29, 1.82) is 0 Å². The van der Waals surface area contributed by atoms with Gasteiger partial charge in [-0.2, -0.15) is 0 Å². The fourth-order valence-corrected chi connectivity index (χ4v) is 1.33. The van der Waals surface area contributed by atoms with Crippen molar-refractivity contribution in [2.45, 2.75) is 59.5 Å². The maximum Gasteiger partial charge on any atom is 0.161 e. The van der Waals surface area contributed by atoms with E-state index in [1.807, 2.05) is 0 Å². The summed E-state index contributed by atoms with van der Waals surface area (Å²) in [6, 6.07) is 0. The third-order valence-corrected chi connectivity index (χ3v) is 2.32. The van der Waals surface area contributed by atoms with Crippen molar-refractivity contribution < 1.29 is 9.53 Å². The Kier molecular flexibility index (Phi) is 6.01. The monoisotopic (exact) mass is 200 g/mol. The van der Waals surface area contributed by atoms with Crippen LogP contribution in [0, 0.1) is 5.41 Å². The van der Waals surface area contributed by atoms with Crippen LogP contribution in [0.2, 0.25) is 0 Å². The molecule has 0 aliphatic carbocycles. The fourth-order valence-electron chi connectivity index (χ4n) is 1.33. The Balaban J connectivity index is 3.93. The lowest BCUT2D eigenvalue weighted by molar-refractivity contribution is -0.129. The zero-order chi connectivity index (χ0) is 11.2. The molecule has 1 atom stereocenters. The number of hydrogen-bond acceptors (Lipinski definition) is 2. The van der Waals surface area contributed by atoms with E-state index in [1.54, 1.807) is 7.11 Å². The third-order valence-electron chi connectivity index (χ3n) is 2.32. The van der Waals surface area contributed by atoms with Crippen molar-refractivity contribution >= 4 is 5.78 Å². The van der Waals surface area contributed by atoms with Crippen LogP contribution >= 0.6 is 0 Å². The highest BCUT2D eigenvalue weighted by molar-refractivity contribution is 5.83. The number of Topliss-reactive ketones (excluding diaryl/α,β-unsaturated/α-hetero) is 1. The standard InChI is InChI=1S/C12H24O2/c1-6-7-11(14-5)10(13)8-9-12(2,3)4/h11H,6-9H2,1-5H3. The molecule has 0 heterocycles. The molecule has 0 radical (unpaired) electrons. The number of carbonyl (C=O) groups excluding carboxylic acids is 1. The quantitative estimate of drug-likeness (QED) is 0.658. The summed E-state index contributed by atoms with van der Waals surface area (Å²) in [5, 5.41) is 0. The van der Waals surface area contributed by atoms with E-state index in [9.17, 15) is 4.79 Å². The molecule has 0 aromatic rings. The smallest absolute Gasteiger partial charge is 0.161 e. The zero-order valence-corrected chi connectivity index (χ0v) is 10.2. The van der Waals surface area contributed by atoms with Gasteiger partial charge in [0, 0.05) is 13.5 Å². The first-order valence-corrected chi connectivity index (χ1v) is 5.46. The lowest BCUT2D eigenvalue weighted by atomic mass is 9.88. The molecule has 84 valence electrons. The van der Waals surface area contributed by atoms with Crippen LogP contribution in [0.15, 0.2) is 0 Å². The molecule has 1 unspecified atom stereocenters. The zero-order valence-electron chi connectivity index (χ0n) is 10.2. The van der Waals surface area contributed by atoms with Crippen LogP contribution in [0.1, 0.15) is 53.4 Å². The Labute approximate surface area is 88.0 Å². The average Bonchev–Trinajstić information content (AvgIpc) is 2.09. The van der Waals surface area contributed by atoms with E-state index in [1.165, 1.54) is 0 Å². The molecule has 14 heavy (non-hydrogen) atoms. The molecule has 0 aromatic carbocycles. The van der Waals surface area contributed by atoms with Crippen molar-refractivity contribution in [3.05, 3.63) is 0 Å². The summed E-state index contributed by atoms with van der Waals surface area (Å²) in [4.78, 5) is 11.7. The molecule has 0 saturated carbocycles. The molecular formula is C12H24O2. The van der Waals surface area contributed by atoms with Gasteiger partial charge in [0.25, 0.3) is 0 Å². The highest BCUT2D eigenvalue weighted by Crippen LogP contribution is 2.21. The van der Waals surface area contributed by atoms with Gasteiger partial charge in [-0.25, -0.2) is 0 Å². The first-order chi connectivity index (χ1) is 6.40. The van der Waals surface area contributed by atoms with Crippen molar-refractivity contribution in [1.82, 2.24) is 0 Å². The first kappa shape index (κ1) is 13.6. The number of ether oxygens (including phenoxy) is 1. The SMILES string of the molecule is CCCC(OC)C(=O)CCC(C)(C)C. The van der Waals surface area contributed by atoms with Crippen LogP contribution in [0.5, 0.6) is 0 Å². The highest BCUT2D eigenvalue weighted by atomic mass is 16.5. The van der Waals surface area contributed by atoms with Gasteiger partial charge in [-0.1, -0.05) is 34.1 Å². The van der Waals surface area contributed by atoms with Crippen molar-refractivity contribution in [2.24, 2.45) is 5.41 Å². The second-order valence-electron chi connectivity index (χ2n) is 5.04. The van der Waals surface area contributed by atoms with Gasteiger partial charge in [-0.15, -0.1) is 0 Å². The van der Waals surface area contributed by atoms with Crippen molar-refractivity contribution in [2.75, 3.05) is 7.11 Å². The summed E-state index contributed by atoms with van der Waals surface area (Å²) < 4.78 is 5.17. The minimum Gasteiger partial charge on any atom is -0.374 e. The second kappa shape index (κ2) is 6.18. The summed E-state index contributed by atoms with van der Waals surface area (Å²) in [7, 11) is 1.62. The van der Waals surface area contributed by atoms with E-state index in [2.05, 4.69) is 27.7 Å². The molecule has 2 heteroatoms. The second-order valence-corrected chi connectivity index (χ2v) is 5.04. The Bertz CT molecular complexity index is 168. The first-order valence-electron chi connectivity index (χ1n) is 5.46. The molecule has 2 nitrogen and oxygen atoms in total. The van der Waals surface area contributed by atoms with E-state index in [4.69, 9.17) is 4.74 Å². The maximum absolute atomic E-state index is 11.7. The number of methoxy groups -OCH3 is 1. The summed E-state index contributed by atoms with van der Waals surface area (Å²) >= 11 is 0. The van der Waals surface area contributed by atoms with Crippen molar-refractivity contribution in [3.8, 4) is 0 Å². The normalized spacial score (nSPS) is 14.1. The van der Waals surface area contributed by atoms with Gasteiger partial charge >= 0.3 is 0 Å². The molecule has 0 aromatic heterocycles. The Morgan fingerprint density at radius 1 is 1.36 bits per heavy atom. The lowest BCUT2D eigenvalue weighted by Gasteiger charge is -2.19. The van der Waals surface area contributed by atoms with Gasteiger partial charge in [0.15, 0.2) is 5.78 Å². The number of rotatable bonds is 6. The molecular weight excluding hydrogens is 176 g/mol. The van der Waals surface area contributed by atoms with Crippen LogP contribution in [0.4, 0.5) is 0 Å². The maximum atomic E-state index is 11.7. The van der Waals surface area contributed by atoms with E-state index in [0.29, 0.717) is 6.42 Å². The summed E-state index contributed by atoms with van der Waals surface area (Å²) in [6.45, 7) is 8.54. The molecule has 0 N–H and O–H groups in total. The Morgan fingerprint density at radius 3 is 2.29 bits per heavy atom. The summed E-state index contributed by atoms with van der Waals surface area (Å²) in [6.07, 6.45) is 3.25. The fraction of sp³-hybridized carbons (Fsp3) is 0.917. The molecule has 0 fully saturated rings. The Hall–Kier alpha value is -0.370. The topological polar surface area (TPSA) is 26.3 Å². The van der Waals surface area contributed by atoms with E-state index < -0.39 is 0 Å². The van der Waals surface area contributed by atoms with Gasteiger partial charge in [-0.05, 0) is 18.3 Å². The van der Waals surface area contributed by atoms with Gasteiger partial charge in [0.2, 0.25) is 0 Å². The minimum absolute atomic E-state index is 0.178. The highest BCUT2D eigenvalue weighted by Gasteiger charge is 2.19. The molecule has 0 bridgehead atoms. The molecule has 0 rings (SSSR count). The number of ketones is 1. The largest absolute Gasteiger partial charge is 0.374 e. The molecule has 0 spiro atoms. The molecule has 0 amide bonds. The van der Waals surface area contributed by atoms with Crippen LogP contribution in [0.3, 0.4) is 0 Å².